The molecule has 0 aromatic rings. The van der Waals surface area contributed by atoms with Crippen LogP contribution in [0.3, 0.4) is 0 Å². The van der Waals surface area contributed by atoms with Gasteiger partial charge in [-0.25, -0.2) is 30.4 Å². The first-order valence-electron chi connectivity index (χ1n) is 5.07. The van der Waals surface area contributed by atoms with Gasteiger partial charge in [-0.05, 0) is 25.2 Å². The number of hydrogen-bond acceptors (Lipinski definition) is 7. The molecular weight excluding hydrogens is 330 g/mol. The van der Waals surface area contributed by atoms with Crippen molar-refractivity contribution in [2.24, 2.45) is 5.14 Å². The van der Waals surface area contributed by atoms with Crippen molar-refractivity contribution in [3.8, 4) is 0 Å². The molecule has 0 aromatic heterocycles. The number of hydrogen-bond donors (Lipinski definition) is 2. The highest BCUT2D eigenvalue weighted by molar-refractivity contribution is 8.03. The van der Waals surface area contributed by atoms with Crippen LogP contribution in [0, 0.1) is 0 Å². The van der Waals surface area contributed by atoms with Crippen molar-refractivity contribution in [2.75, 3.05) is 6.26 Å². The fourth-order valence-corrected chi connectivity index (χ4v) is 4.52. The molecule has 0 amide bonds. The van der Waals surface area contributed by atoms with Gasteiger partial charge in [-0.2, -0.15) is 0 Å². The number of aliphatic hydroxyl groups is 1. The molecule has 0 radical (unpaired) electrons. The summed E-state index contributed by atoms with van der Waals surface area (Å²) >= 11 is 0. The van der Waals surface area contributed by atoms with Gasteiger partial charge in [0, 0.05) is 0 Å². The van der Waals surface area contributed by atoms with Crippen LogP contribution >= 0.6 is 0 Å². The largest absolute Gasteiger partial charge is 0.377 e. The average molecular weight is 343 g/mol. The Balaban J connectivity index is 0.000000347. The van der Waals surface area contributed by atoms with Crippen molar-refractivity contribution in [3.05, 3.63) is 32.9 Å². The summed E-state index contributed by atoms with van der Waals surface area (Å²) in [6.07, 6.45) is 4.59. The highest BCUT2D eigenvalue weighted by Crippen LogP contribution is 2.40. The van der Waals surface area contributed by atoms with Crippen LogP contribution in [-0.2, 0) is 29.7 Å². The van der Waals surface area contributed by atoms with Crippen LogP contribution in [0.25, 0.3) is 0 Å². The fraction of sp³-hybridized carbons (Fsp3) is 0.333. The van der Waals surface area contributed by atoms with Gasteiger partial charge in [0.15, 0.2) is 5.44 Å². The van der Waals surface area contributed by atoms with Crippen LogP contribution in [-0.4, -0.2) is 42.1 Å². The number of aliphatic hydroxyl groups excluding tert-OH is 1. The molecule has 114 valence electrons. The van der Waals surface area contributed by atoms with Crippen LogP contribution in [0.15, 0.2) is 32.9 Å². The normalized spacial score (nSPS) is 21.3. The van der Waals surface area contributed by atoms with Gasteiger partial charge in [0.05, 0.1) is 21.0 Å². The summed E-state index contributed by atoms with van der Waals surface area (Å²) in [5.41, 5.74) is -1.61. The molecular formula is C9H13NO7S3. The lowest BCUT2D eigenvalue weighted by Gasteiger charge is -2.07. The van der Waals surface area contributed by atoms with E-state index in [0.29, 0.717) is 0 Å². The Labute approximate surface area is 117 Å². The van der Waals surface area contributed by atoms with Gasteiger partial charge in [0.2, 0.25) is 29.7 Å². The minimum atomic E-state index is -3.95. The zero-order valence-electron chi connectivity index (χ0n) is 10.5. The molecule has 0 saturated heterocycles. The Morgan fingerprint density at radius 1 is 1.20 bits per heavy atom. The Morgan fingerprint density at radius 2 is 1.65 bits per heavy atom. The fourth-order valence-electron chi connectivity index (χ4n) is 1.41. The monoisotopic (exact) mass is 343 g/mol. The highest BCUT2D eigenvalue weighted by atomic mass is 32.2. The first kappa shape index (κ1) is 17.0. The van der Waals surface area contributed by atoms with Crippen molar-refractivity contribution in [2.45, 2.75) is 12.4 Å². The lowest BCUT2D eigenvalue weighted by atomic mass is 10.3. The molecule has 1 atom stereocenters. The van der Waals surface area contributed by atoms with Crippen molar-refractivity contribution >= 4 is 29.7 Å². The van der Waals surface area contributed by atoms with Gasteiger partial charge in [-0.1, -0.05) is 0 Å². The molecule has 0 spiro atoms. The lowest BCUT2D eigenvalue weighted by molar-refractivity contribution is 0.270. The number of allylic oxidation sites excluding steroid dienone is 3. The highest BCUT2D eigenvalue weighted by Gasteiger charge is 2.40. The van der Waals surface area contributed by atoms with E-state index in [0.717, 1.165) is 19.3 Å². The number of fused-ring (bicyclic) bond motifs is 2. The maximum absolute atomic E-state index is 11.6. The van der Waals surface area contributed by atoms with E-state index in [9.17, 15) is 25.3 Å². The molecule has 2 rings (SSSR count). The first-order valence-corrected chi connectivity index (χ1v) is 10.0. The first-order chi connectivity index (χ1) is 8.78. The number of sulfone groups is 2. The van der Waals surface area contributed by atoms with Crippen LogP contribution in [0.2, 0.25) is 0 Å². The van der Waals surface area contributed by atoms with Crippen LogP contribution in [0.4, 0.5) is 0 Å². The molecule has 2 bridgehead atoms. The van der Waals surface area contributed by atoms with Gasteiger partial charge >= 0.3 is 0 Å². The number of sulfonamides is 1. The third-order valence-corrected chi connectivity index (χ3v) is 6.06. The minimum absolute atomic E-state index is 0.0308. The SMILES string of the molecule is CC(O)S(=O)(=O)C1=C2C=CC(=C1)S2(=O)=O.CS(N)(=O)=O. The molecule has 8 nitrogen and oxygen atoms in total. The van der Waals surface area contributed by atoms with E-state index in [1.54, 1.807) is 0 Å². The summed E-state index contributed by atoms with van der Waals surface area (Å²) in [5, 5.41) is 13.4. The van der Waals surface area contributed by atoms with E-state index >= 15 is 0 Å². The zero-order valence-corrected chi connectivity index (χ0v) is 13.0. The molecule has 0 aromatic carbocycles. The maximum Gasteiger partial charge on any atom is 0.207 e. The van der Waals surface area contributed by atoms with Crippen molar-refractivity contribution in [1.82, 2.24) is 0 Å². The summed E-state index contributed by atoms with van der Waals surface area (Å²) in [7, 11) is -10.7. The van der Waals surface area contributed by atoms with Crippen molar-refractivity contribution in [3.63, 3.8) is 0 Å². The van der Waals surface area contributed by atoms with Gasteiger partial charge in [-0.15, -0.1) is 0 Å². The van der Waals surface area contributed by atoms with Crippen LogP contribution in [0.1, 0.15) is 6.92 Å². The molecule has 20 heavy (non-hydrogen) atoms. The van der Waals surface area contributed by atoms with Gasteiger partial charge in [0.25, 0.3) is 0 Å². The Hall–Kier alpha value is -1.01. The summed E-state index contributed by atoms with van der Waals surface area (Å²) in [5.74, 6) is 0. The van der Waals surface area contributed by atoms with Crippen molar-refractivity contribution < 1.29 is 30.4 Å². The molecule has 1 unspecified atom stereocenters. The smallest absolute Gasteiger partial charge is 0.207 e. The predicted octanol–water partition coefficient (Wildman–Crippen LogP) is -1.26. The summed E-state index contributed by atoms with van der Waals surface area (Å²) in [4.78, 5) is -0.579. The Bertz CT molecular complexity index is 816. The predicted molar refractivity (Wildman–Crippen MR) is 72.8 cm³/mol. The van der Waals surface area contributed by atoms with E-state index in [2.05, 4.69) is 5.14 Å². The van der Waals surface area contributed by atoms with E-state index in [4.69, 9.17) is 5.11 Å². The zero-order chi connectivity index (χ0) is 15.9. The van der Waals surface area contributed by atoms with Crippen LogP contribution in [0.5, 0.6) is 0 Å². The Kier molecular flexibility index (Phi) is 4.32. The second-order valence-electron chi connectivity index (χ2n) is 4.09. The summed E-state index contributed by atoms with van der Waals surface area (Å²) in [6.45, 7) is 1.09. The van der Waals surface area contributed by atoms with Crippen LogP contribution < -0.4 is 5.14 Å². The van der Waals surface area contributed by atoms with E-state index < -0.39 is 35.1 Å². The second-order valence-corrected chi connectivity index (χ2v) is 9.88. The number of rotatable bonds is 2. The second kappa shape index (κ2) is 5.07. The average Bonchev–Trinajstić information content (AvgIpc) is 2.65. The third kappa shape index (κ3) is 3.35. The molecule has 2 aliphatic heterocycles. The quantitative estimate of drug-likeness (QED) is 0.635. The topological polar surface area (TPSA) is 149 Å². The van der Waals surface area contributed by atoms with E-state index in [1.807, 2.05) is 0 Å². The third-order valence-electron chi connectivity index (χ3n) is 2.27. The summed E-state index contributed by atoms with van der Waals surface area (Å²) in [6, 6.07) is 0. The maximum atomic E-state index is 11.6. The lowest BCUT2D eigenvalue weighted by Crippen LogP contribution is -2.18. The molecule has 2 heterocycles. The number of nitrogens with two attached hydrogens (primary N) is 1. The Morgan fingerprint density at radius 3 is 1.90 bits per heavy atom. The number of primary sulfonamides is 1. The molecule has 0 fully saturated rings. The van der Waals surface area contributed by atoms with Gasteiger partial charge in [0.1, 0.15) is 0 Å². The van der Waals surface area contributed by atoms with Crippen molar-refractivity contribution in [1.29, 1.82) is 0 Å². The molecule has 3 N–H and O–H groups in total. The van der Waals surface area contributed by atoms with E-state index in [-0.39, 0.29) is 14.7 Å². The van der Waals surface area contributed by atoms with Gasteiger partial charge < -0.3 is 5.11 Å². The van der Waals surface area contributed by atoms with Gasteiger partial charge in [-0.3, -0.25) is 0 Å². The molecule has 2 aliphatic rings. The molecule has 0 aliphatic carbocycles. The standard InChI is InChI=1S/C8H8O5S2.CH5NO2S/c1-5(9)14(10,11)8-4-6-2-3-7(8)15(6,12)13;1-5(2,3)4/h2-5,9H,1H3;1H3,(H2,2,3,4). The molecule has 0 saturated carbocycles. The minimum Gasteiger partial charge on any atom is -0.377 e. The van der Waals surface area contributed by atoms with E-state index in [1.165, 1.54) is 12.2 Å². The molecule has 11 heteroatoms. The summed E-state index contributed by atoms with van der Waals surface area (Å²) < 4.78 is 64.9.